The number of carboxylic acid groups (broad SMARTS) is 1. The zero-order chi connectivity index (χ0) is 13.4. The highest BCUT2D eigenvalue weighted by Crippen LogP contribution is 2.26. The van der Waals surface area contributed by atoms with E-state index in [1.54, 1.807) is 12.1 Å². The summed E-state index contributed by atoms with van der Waals surface area (Å²) in [6.07, 6.45) is 0. The maximum atomic E-state index is 12.3. The van der Waals surface area contributed by atoms with Crippen molar-refractivity contribution in [2.45, 2.75) is 6.04 Å². The number of carbonyl (C=O) groups excluding carboxylic acids is 1. The van der Waals surface area contributed by atoms with Crippen molar-refractivity contribution in [3.63, 3.8) is 0 Å². The largest absolute Gasteiger partial charge is 0.480 e. The predicted molar refractivity (Wildman–Crippen MR) is 71.1 cm³/mol. The summed E-state index contributed by atoms with van der Waals surface area (Å²) in [6, 6.07) is 8.19. The molecule has 1 aliphatic rings. The summed E-state index contributed by atoms with van der Waals surface area (Å²) in [5, 5.41) is 9.92. The quantitative estimate of drug-likeness (QED) is 0.909. The molecular weight excluding hydrogens is 266 g/mol. The van der Waals surface area contributed by atoms with Crippen LogP contribution in [0.25, 0.3) is 11.0 Å². The molecule has 0 bridgehead atoms. The molecule has 1 aliphatic heterocycles. The third kappa shape index (κ3) is 2.08. The first-order valence-electron chi connectivity index (χ1n) is 5.77. The van der Waals surface area contributed by atoms with Crippen molar-refractivity contribution in [2.24, 2.45) is 0 Å². The summed E-state index contributed by atoms with van der Waals surface area (Å²) in [5.41, 5.74) is 0.629. The van der Waals surface area contributed by atoms with Crippen LogP contribution in [0.4, 0.5) is 0 Å². The molecule has 0 spiro atoms. The molecule has 1 aromatic carbocycles. The molecule has 1 unspecified atom stereocenters. The fourth-order valence-electron chi connectivity index (χ4n) is 2.08. The van der Waals surface area contributed by atoms with Gasteiger partial charge in [0.1, 0.15) is 11.6 Å². The topological polar surface area (TPSA) is 70.8 Å². The van der Waals surface area contributed by atoms with Gasteiger partial charge in [-0.2, -0.15) is 0 Å². The smallest absolute Gasteiger partial charge is 0.327 e. The molecule has 98 valence electrons. The van der Waals surface area contributed by atoms with Gasteiger partial charge in [-0.15, -0.1) is 11.8 Å². The molecule has 0 aliphatic carbocycles. The van der Waals surface area contributed by atoms with E-state index in [9.17, 15) is 9.59 Å². The van der Waals surface area contributed by atoms with Crippen LogP contribution in [-0.2, 0) is 4.79 Å². The maximum Gasteiger partial charge on any atom is 0.327 e. The van der Waals surface area contributed by atoms with Gasteiger partial charge >= 0.3 is 5.97 Å². The Labute approximate surface area is 113 Å². The van der Waals surface area contributed by atoms with E-state index >= 15 is 0 Å². The van der Waals surface area contributed by atoms with Crippen molar-refractivity contribution in [3.05, 3.63) is 36.1 Å². The summed E-state index contributed by atoms with van der Waals surface area (Å²) < 4.78 is 5.48. The van der Waals surface area contributed by atoms with Gasteiger partial charge in [0.15, 0.2) is 5.76 Å². The second kappa shape index (κ2) is 4.62. The summed E-state index contributed by atoms with van der Waals surface area (Å²) >= 11 is 1.43. The van der Waals surface area contributed by atoms with Crippen LogP contribution in [0, 0.1) is 0 Å². The molecule has 1 saturated heterocycles. The monoisotopic (exact) mass is 277 g/mol. The van der Waals surface area contributed by atoms with Crippen molar-refractivity contribution >= 4 is 34.6 Å². The minimum Gasteiger partial charge on any atom is -0.480 e. The van der Waals surface area contributed by atoms with Crippen LogP contribution in [0.1, 0.15) is 10.6 Å². The van der Waals surface area contributed by atoms with Crippen molar-refractivity contribution < 1.29 is 19.1 Å². The Morgan fingerprint density at radius 3 is 2.89 bits per heavy atom. The van der Waals surface area contributed by atoms with E-state index in [-0.39, 0.29) is 11.7 Å². The van der Waals surface area contributed by atoms with E-state index in [4.69, 9.17) is 9.52 Å². The molecule has 3 rings (SSSR count). The van der Waals surface area contributed by atoms with E-state index in [0.29, 0.717) is 17.2 Å². The van der Waals surface area contributed by atoms with Gasteiger partial charge in [-0.25, -0.2) is 4.79 Å². The number of aliphatic carboxylic acids is 1. The zero-order valence-electron chi connectivity index (χ0n) is 9.91. The van der Waals surface area contributed by atoms with E-state index in [1.807, 2.05) is 18.2 Å². The molecular formula is C13H11NO4S. The third-order valence-electron chi connectivity index (χ3n) is 3.06. The lowest BCUT2D eigenvalue weighted by atomic mass is 10.2. The van der Waals surface area contributed by atoms with Gasteiger partial charge in [0, 0.05) is 11.1 Å². The number of carboxylic acids is 1. The van der Waals surface area contributed by atoms with E-state index in [1.165, 1.54) is 16.7 Å². The number of rotatable bonds is 2. The van der Waals surface area contributed by atoms with Gasteiger partial charge in [-0.05, 0) is 12.1 Å². The van der Waals surface area contributed by atoms with Gasteiger partial charge in [0.05, 0.1) is 5.88 Å². The lowest BCUT2D eigenvalue weighted by molar-refractivity contribution is -0.140. The van der Waals surface area contributed by atoms with Crippen LogP contribution in [0.5, 0.6) is 0 Å². The lowest BCUT2D eigenvalue weighted by Crippen LogP contribution is -2.41. The minimum atomic E-state index is -0.977. The van der Waals surface area contributed by atoms with Crippen molar-refractivity contribution in [1.82, 2.24) is 4.90 Å². The maximum absolute atomic E-state index is 12.3. The number of benzene rings is 1. The number of furan rings is 1. The van der Waals surface area contributed by atoms with E-state index < -0.39 is 12.0 Å². The Morgan fingerprint density at radius 2 is 2.16 bits per heavy atom. The van der Waals surface area contributed by atoms with Crippen LogP contribution < -0.4 is 0 Å². The number of fused-ring (bicyclic) bond motifs is 1. The molecule has 1 fully saturated rings. The summed E-state index contributed by atoms with van der Waals surface area (Å²) in [4.78, 5) is 24.7. The number of carbonyl (C=O) groups is 2. The molecule has 19 heavy (non-hydrogen) atoms. The van der Waals surface area contributed by atoms with Crippen molar-refractivity contribution in [1.29, 1.82) is 0 Å². The summed E-state index contributed by atoms with van der Waals surface area (Å²) in [7, 11) is 0. The Kier molecular flexibility index (Phi) is 2.94. The first-order valence-corrected chi connectivity index (χ1v) is 6.92. The fraction of sp³-hybridized carbons (Fsp3) is 0.231. The second-order valence-corrected chi connectivity index (χ2v) is 5.28. The standard InChI is InChI=1S/C13H11NO4S/c15-12(14-7-19-6-9(14)13(16)17)11-5-8-3-1-2-4-10(8)18-11/h1-5,9H,6-7H2,(H,16,17). The van der Waals surface area contributed by atoms with Crippen LogP contribution in [0.2, 0.25) is 0 Å². The van der Waals surface area contributed by atoms with Gasteiger partial charge in [-0.3, -0.25) is 4.79 Å². The average molecular weight is 277 g/mol. The molecule has 6 heteroatoms. The summed E-state index contributed by atoms with van der Waals surface area (Å²) in [5.74, 6) is -0.355. The number of hydrogen-bond donors (Lipinski definition) is 1. The average Bonchev–Trinajstić information content (AvgIpc) is 3.04. The molecule has 1 atom stereocenters. The number of amides is 1. The number of nitrogens with zero attached hydrogens (tertiary/aromatic N) is 1. The number of hydrogen-bond acceptors (Lipinski definition) is 4. The van der Waals surface area contributed by atoms with Gasteiger partial charge in [-0.1, -0.05) is 18.2 Å². The zero-order valence-corrected chi connectivity index (χ0v) is 10.7. The van der Waals surface area contributed by atoms with Gasteiger partial charge < -0.3 is 14.4 Å². The van der Waals surface area contributed by atoms with Crippen LogP contribution >= 0.6 is 11.8 Å². The highest BCUT2D eigenvalue weighted by atomic mass is 32.2. The predicted octanol–water partition coefficient (Wildman–Crippen LogP) is 2.03. The fourth-order valence-corrected chi connectivity index (χ4v) is 3.22. The molecule has 1 N–H and O–H groups in total. The molecule has 0 radical (unpaired) electrons. The molecule has 5 nitrogen and oxygen atoms in total. The van der Waals surface area contributed by atoms with E-state index in [0.717, 1.165) is 5.39 Å². The Balaban J connectivity index is 1.93. The first kappa shape index (κ1) is 12.1. The molecule has 0 saturated carbocycles. The molecule has 1 aromatic heterocycles. The molecule has 1 amide bonds. The molecule has 2 aromatic rings. The van der Waals surface area contributed by atoms with E-state index in [2.05, 4.69) is 0 Å². The van der Waals surface area contributed by atoms with Crippen LogP contribution in [-0.4, -0.2) is 39.6 Å². The third-order valence-corrected chi connectivity index (χ3v) is 4.08. The normalized spacial score (nSPS) is 18.9. The highest BCUT2D eigenvalue weighted by Gasteiger charge is 2.36. The van der Waals surface area contributed by atoms with Crippen molar-refractivity contribution in [3.8, 4) is 0 Å². The van der Waals surface area contributed by atoms with Gasteiger partial charge in [0.2, 0.25) is 0 Å². The minimum absolute atomic E-state index is 0.190. The Hall–Kier alpha value is -1.95. The second-order valence-electron chi connectivity index (χ2n) is 4.28. The van der Waals surface area contributed by atoms with Crippen LogP contribution in [0.15, 0.2) is 34.7 Å². The number of para-hydroxylation sites is 1. The Bertz CT molecular complexity index is 618. The first-order chi connectivity index (χ1) is 9.16. The van der Waals surface area contributed by atoms with Crippen molar-refractivity contribution in [2.75, 3.05) is 11.6 Å². The highest BCUT2D eigenvalue weighted by molar-refractivity contribution is 7.99. The lowest BCUT2D eigenvalue weighted by Gasteiger charge is -2.18. The SMILES string of the molecule is O=C(O)C1CSCN1C(=O)c1cc2ccccc2o1. The van der Waals surface area contributed by atoms with Crippen LogP contribution in [0.3, 0.4) is 0 Å². The Morgan fingerprint density at radius 1 is 1.37 bits per heavy atom. The number of thioether (sulfide) groups is 1. The summed E-state index contributed by atoms with van der Waals surface area (Å²) in [6.45, 7) is 0. The van der Waals surface area contributed by atoms with Gasteiger partial charge in [0.25, 0.3) is 5.91 Å². The molecule has 2 heterocycles.